The van der Waals surface area contributed by atoms with Crippen molar-refractivity contribution < 1.29 is 99.2 Å². The van der Waals surface area contributed by atoms with E-state index >= 15 is 0 Å². The minimum Gasteiger partial charge on any atom is -0.478 e. The molecule has 1 aromatic carbocycles. The van der Waals surface area contributed by atoms with Crippen LogP contribution < -0.4 is 4.74 Å². The molecule has 39 heavy (non-hydrogen) atoms. The summed E-state index contributed by atoms with van der Waals surface area (Å²) in [5.41, 5.74) is -25.8. The van der Waals surface area contributed by atoms with Crippen LogP contribution in [0.4, 0.5) is 74.6 Å². The van der Waals surface area contributed by atoms with Crippen molar-refractivity contribution in [2.75, 3.05) is 0 Å². The van der Waals surface area contributed by atoms with Gasteiger partial charge in [-0.1, -0.05) is 0 Å². The molecule has 0 unspecified atom stereocenters. The average molecular weight is 612 g/mol. The van der Waals surface area contributed by atoms with Gasteiger partial charge in [-0.05, 0) is 18.2 Å². The summed E-state index contributed by atoms with van der Waals surface area (Å²) in [7, 11) is 0. The zero-order chi connectivity index (χ0) is 31.4. The van der Waals surface area contributed by atoms with Gasteiger partial charge in [0, 0.05) is 0 Å². The quantitative estimate of drug-likeness (QED) is 0.269. The Morgan fingerprint density at radius 1 is 0.538 bits per heavy atom. The lowest BCUT2D eigenvalue weighted by molar-refractivity contribution is -0.365. The molecule has 0 fully saturated rings. The highest BCUT2D eigenvalue weighted by Gasteiger charge is 2.88. The Morgan fingerprint density at radius 3 is 1.03 bits per heavy atom. The van der Waals surface area contributed by atoms with Crippen LogP contribution in [0, 0.1) is 0 Å². The van der Waals surface area contributed by atoms with Crippen LogP contribution in [0.15, 0.2) is 29.5 Å². The second-order valence-corrected chi connectivity index (χ2v) is 6.97. The number of carboxylic acid groups (broad SMARTS) is 2. The zero-order valence-corrected chi connectivity index (χ0v) is 17.3. The molecule has 1 rings (SSSR count). The Balaban J connectivity index is 4.63. The standard InChI is InChI=1S/C17H5F17O5/c18-11(14(23,24)25,15(26,27)28)7(12(19,16(29,30)31)17(32,33)34)8(13(20,21)22)39-6-2-4(9(35)36)1-5(3-6)10(37)38/h1-3H,(H,35,36)(H,37,38). The maximum atomic E-state index is 14.6. The van der Waals surface area contributed by atoms with Crippen LogP contribution in [-0.2, 0) is 0 Å². The van der Waals surface area contributed by atoms with Crippen LogP contribution in [0.25, 0.3) is 0 Å². The fourth-order valence-corrected chi connectivity index (χ4v) is 2.71. The highest BCUT2D eigenvalue weighted by atomic mass is 19.4. The topological polar surface area (TPSA) is 83.8 Å². The number of alkyl halides is 17. The van der Waals surface area contributed by atoms with E-state index in [1.807, 2.05) is 0 Å². The van der Waals surface area contributed by atoms with Crippen molar-refractivity contribution >= 4 is 11.9 Å². The summed E-state index contributed by atoms with van der Waals surface area (Å²) in [4.78, 5) is 22.0. The summed E-state index contributed by atoms with van der Waals surface area (Å²) in [5, 5.41) is 17.6. The van der Waals surface area contributed by atoms with Crippen LogP contribution in [-0.4, -0.2) is 64.4 Å². The van der Waals surface area contributed by atoms with Gasteiger partial charge in [-0.2, -0.15) is 65.9 Å². The number of hydrogen-bond donors (Lipinski definition) is 2. The first-order chi connectivity index (χ1) is 16.9. The Bertz CT molecular complexity index is 1050. The number of hydrogen-bond acceptors (Lipinski definition) is 3. The van der Waals surface area contributed by atoms with Gasteiger partial charge in [0.05, 0.1) is 16.7 Å². The first kappa shape index (κ1) is 33.5. The number of ether oxygens (including phenoxy) is 1. The lowest BCUT2D eigenvalue weighted by Crippen LogP contribution is -2.67. The van der Waals surface area contributed by atoms with E-state index in [0.717, 1.165) is 0 Å². The van der Waals surface area contributed by atoms with Crippen LogP contribution in [0.1, 0.15) is 20.7 Å². The van der Waals surface area contributed by atoms with Gasteiger partial charge in [0.15, 0.2) is 0 Å². The highest BCUT2D eigenvalue weighted by Crippen LogP contribution is 2.63. The SMILES string of the molecule is O=C(O)c1cc(OC(=C(C(F)(C(F)(F)F)C(F)(F)F)C(F)(C(F)(F)F)C(F)(F)F)C(F)(F)F)cc(C(=O)O)c1. The molecule has 0 bridgehead atoms. The second-order valence-electron chi connectivity index (χ2n) is 6.97. The van der Waals surface area contributed by atoms with Gasteiger partial charge in [-0.3, -0.25) is 0 Å². The predicted molar refractivity (Wildman–Crippen MR) is 86.0 cm³/mol. The molecule has 1 aromatic rings. The van der Waals surface area contributed by atoms with Crippen LogP contribution >= 0.6 is 0 Å². The molecule has 0 radical (unpaired) electrons. The van der Waals surface area contributed by atoms with Crippen molar-refractivity contribution in [1.29, 1.82) is 0 Å². The van der Waals surface area contributed by atoms with Crippen LogP contribution in [0.2, 0.25) is 0 Å². The molecule has 0 aromatic heterocycles. The van der Waals surface area contributed by atoms with E-state index in [1.165, 1.54) is 0 Å². The summed E-state index contributed by atoms with van der Waals surface area (Å²) >= 11 is 0. The van der Waals surface area contributed by atoms with E-state index in [1.54, 1.807) is 0 Å². The molecule has 222 valence electrons. The summed E-state index contributed by atoms with van der Waals surface area (Å²) in [6.45, 7) is 0. The molecule has 2 N–H and O–H groups in total. The van der Waals surface area contributed by atoms with Gasteiger partial charge in [0.25, 0.3) is 0 Å². The van der Waals surface area contributed by atoms with Gasteiger partial charge >= 0.3 is 54.2 Å². The summed E-state index contributed by atoms with van der Waals surface area (Å²) < 4.78 is 231. The second kappa shape index (κ2) is 9.61. The number of benzene rings is 1. The minimum atomic E-state index is -8.44. The molecule has 0 aliphatic rings. The molecule has 0 aliphatic heterocycles. The Hall–Kier alpha value is -3.49. The third kappa shape index (κ3) is 5.92. The fourth-order valence-electron chi connectivity index (χ4n) is 2.71. The number of carboxylic acids is 2. The number of halogens is 17. The lowest BCUT2D eigenvalue weighted by atomic mass is 9.79. The van der Waals surface area contributed by atoms with Crippen molar-refractivity contribution in [1.82, 2.24) is 0 Å². The van der Waals surface area contributed by atoms with Gasteiger partial charge < -0.3 is 14.9 Å². The molecule has 0 aliphatic carbocycles. The average Bonchev–Trinajstić information content (AvgIpc) is 2.68. The first-order valence-corrected chi connectivity index (χ1v) is 8.71. The molecule has 0 heterocycles. The van der Waals surface area contributed by atoms with E-state index in [-0.39, 0.29) is 6.07 Å². The number of carbonyl (C=O) groups is 2. The van der Waals surface area contributed by atoms with Gasteiger partial charge in [0.1, 0.15) is 5.75 Å². The van der Waals surface area contributed by atoms with Crippen molar-refractivity contribution in [3.8, 4) is 5.75 Å². The molecule has 0 saturated carbocycles. The Labute approximate surface area is 201 Å². The zero-order valence-electron chi connectivity index (χ0n) is 17.3. The van der Waals surface area contributed by atoms with Crippen molar-refractivity contribution in [3.05, 3.63) is 40.7 Å². The predicted octanol–water partition coefficient (Wildman–Crippen LogP) is 6.94. The summed E-state index contributed by atoms with van der Waals surface area (Å²) in [5.74, 6) is -11.9. The normalized spacial score (nSPS) is 14.2. The molecular formula is C17H5F17O5. The van der Waals surface area contributed by atoms with E-state index in [0.29, 0.717) is 0 Å². The van der Waals surface area contributed by atoms with Crippen LogP contribution in [0.5, 0.6) is 5.75 Å². The van der Waals surface area contributed by atoms with E-state index in [9.17, 15) is 84.2 Å². The largest absolute Gasteiger partial charge is 0.478 e. The van der Waals surface area contributed by atoms with Gasteiger partial charge in [0.2, 0.25) is 5.76 Å². The summed E-state index contributed by atoms with van der Waals surface area (Å²) in [6, 6.07) is -0.869. The Morgan fingerprint density at radius 2 is 0.821 bits per heavy atom. The monoisotopic (exact) mass is 612 g/mol. The molecule has 5 nitrogen and oxygen atoms in total. The smallest absolute Gasteiger partial charge is 0.449 e. The van der Waals surface area contributed by atoms with Gasteiger partial charge in [-0.15, -0.1) is 0 Å². The summed E-state index contributed by atoms with van der Waals surface area (Å²) in [6.07, 6.45) is -40.4. The molecule has 0 spiro atoms. The first-order valence-electron chi connectivity index (χ1n) is 8.71. The Kier molecular flexibility index (Phi) is 8.26. The van der Waals surface area contributed by atoms with Crippen molar-refractivity contribution in [2.45, 2.75) is 42.2 Å². The lowest BCUT2D eigenvalue weighted by Gasteiger charge is -2.41. The molecule has 0 atom stereocenters. The highest BCUT2D eigenvalue weighted by molar-refractivity contribution is 5.94. The van der Waals surface area contributed by atoms with Crippen molar-refractivity contribution in [2.24, 2.45) is 0 Å². The fraction of sp³-hybridized carbons (Fsp3) is 0.412. The third-order valence-electron chi connectivity index (χ3n) is 4.36. The van der Waals surface area contributed by atoms with E-state index in [2.05, 4.69) is 4.74 Å². The van der Waals surface area contributed by atoms with E-state index < -0.39 is 94.5 Å². The van der Waals surface area contributed by atoms with Crippen molar-refractivity contribution in [3.63, 3.8) is 0 Å². The maximum Gasteiger partial charge on any atom is 0.449 e. The minimum absolute atomic E-state index is 0.0190. The number of aromatic carboxylic acids is 2. The molecular weight excluding hydrogens is 607 g/mol. The third-order valence-corrected chi connectivity index (χ3v) is 4.36. The van der Waals surface area contributed by atoms with E-state index in [4.69, 9.17) is 10.2 Å². The molecule has 0 saturated heterocycles. The van der Waals surface area contributed by atoms with Gasteiger partial charge in [-0.25, -0.2) is 18.4 Å². The molecule has 22 heteroatoms. The number of rotatable bonds is 6. The molecule has 0 amide bonds. The number of allylic oxidation sites excluding steroid dienone is 2. The van der Waals surface area contributed by atoms with Crippen LogP contribution in [0.3, 0.4) is 0 Å². The maximum absolute atomic E-state index is 14.6.